The summed E-state index contributed by atoms with van der Waals surface area (Å²) in [7, 11) is 0. The van der Waals surface area contributed by atoms with Crippen LogP contribution in [0.2, 0.25) is 0 Å². The summed E-state index contributed by atoms with van der Waals surface area (Å²) in [5.41, 5.74) is 6.01. The maximum atomic E-state index is 12.3. The monoisotopic (exact) mass is 380 g/mol. The zero-order chi connectivity index (χ0) is 16.1. The highest BCUT2D eigenvalue weighted by Crippen LogP contribution is 2.12. The quantitative estimate of drug-likeness (QED) is 0.790. The normalized spacial score (nSPS) is 14.8. The van der Waals surface area contributed by atoms with Gasteiger partial charge in [0.2, 0.25) is 5.91 Å². The zero-order valence-electron chi connectivity index (χ0n) is 14.0. The summed E-state index contributed by atoms with van der Waals surface area (Å²) in [6.45, 7) is 7.14. The third-order valence-corrected chi connectivity index (χ3v) is 3.58. The van der Waals surface area contributed by atoms with E-state index in [1.807, 2.05) is 13.8 Å². The molecule has 24 heavy (non-hydrogen) atoms. The molecule has 138 valence electrons. The van der Waals surface area contributed by atoms with Crippen molar-refractivity contribution in [3.63, 3.8) is 0 Å². The molecule has 0 radical (unpaired) electrons. The molecule has 1 saturated heterocycles. The van der Waals surface area contributed by atoms with E-state index in [-0.39, 0.29) is 49.2 Å². The molecule has 1 aliphatic heterocycles. The molecule has 2 rings (SSSR count). The highest BCUT2D eigenvalue weighted by molar-refractivity contribution is 5.94. The van der Waals surface area contributed by atoms with Crippen molar-refractivity contribution >= 4 is 36.6 Å². The van der Waals surface area contributed by atoms with Crippen molar-refractivity contribution in [3.8, 4) is 0 Å². The molecule has 1 fully saturated rings. The van der Waals surface area contributed by atoms with Crippen molar-refractivity contribution < 1.29 is 14.0 Å². The molecule has 0 saturated carbocycles. The number of hydrogen-bond donors (Lipinski definition) is 2. The van der Waals surface area contributed by atoms with Gasteiger partial charge in [0.15, 0.2) is 0 Å². The number of carbonyl (C=O) groups is 2. The number of rotatable bonds is 5. The van der Waals surface area contributed by atoms with Gasteiger partial charge in [-0.25, -0.2) is 0 Å². The maximum absolute atomic E-state index is 12.3. The standard InChI is InChI=1S/C15H24N4O3.2ClH/c1-11(2)17-14(20)9-18-3-5-19(6-4-18)15(21)12-7-13(8-16)22-10-12;;/h7,10-11H,3-6,8-9,16H2,1-2H3,(H,17,20);2*1H. The Morgan fingerprint density at radius 3 is 2.38 bits per heavy atom. The molecule has 1 aromatic heterocycles. The number of nitrogens with two attached hydrogens (primary N) is 1. The Labute approximate surface area is 154 Å². The van der Waals surface area contributed by atoms with Gasteiger partial charge < -0.3 is 20.4 Å². The smallest absolute Gasteiger partial charge is 0.257 e. The summed E-state index contributed by atoms with van der Waals surface area (Å²) in [5, 5.41) is 2.87. The third-order valence-electron chi connectivity index (χ3n) is 3.58. The van der Waals surface area contributed by atoms with Crippen molar-refractivity contribution in [1.82, 2.24) is 15.1 Å². The van der Waals surface area contributed by atoms with Gasteiger partial charge in [0, 0.05) is 32.2 Å². The second-order valence-electron chi connectivity index (χ2n) is 5.80. The Bertz CT molecular complexity index is 529. The number of furan rings is 1. The summed E-state index contributed by atoms with van der Waals surface area (Å²) < 4.78 is 5.20. The average molecular weight is 381 g/mol. The first kappa shape index (κ1) is 22.7. The molecule has 1 aliphatic rings. The Balaban J connectivity index is 0.00000264. The first-order chi connectivity index (χ1) is 10.5. The number of piperazine rings is 1. The first-order valence-electron chi connectivity index (χ1n) is 7.58. The fraction of sp³-hybridized carbons (Fsp3) is 0.600. The predicted octanol–water partition coefficient (Wildman–Crippen LogP) is 0.864. The van der Waals surface area contributed by atoms with Gasteiger partial charge in [0.05, 0.1) is 18.7 Å². The maximum Gasteiger partial charge on any atom is 0.257 e. The topological polar surface area (TPSA) is 91.8 Å². The molecule has 0 atom stereocenters. The van der Waals surface area contributed by atoms with Gasteiger partial charge in [-0.1, -0.05) is 0 Å². The van der Waals surface area contributed by atoms with Gasteiger partial charge in [0.25, 0.3) is 5.91 Å². The van der Waals surface area contributed by atoms with Crippen molar-refractivity contribution in [1.29, 1.82) is 0 Å². The lowest BCUT2D eigenvalue weighted by atomic mass is 10.2. The predicted molar refractivity (Wildman–Crippen MR) is 96.7 cm³/mol. The van der Waals surface area contributed by atoms with Gasteiger partial charge in [-0.15, -0.1) is 24.8 Å². The van der Waals surface area contributed by atoms with Crippen LogP contribution in [0.5, 0.6) is 0 Å². The van der Waals surface area contributed by atoms with E-state index in [1.165, 1.54) is 6.26 Å². The van der Waals surface area contributed by atoms with Crippen molar-refractivity contribution in [2.75, 3.05) is 32.7 Å². The van der Waals surface area contributed by atoms with Crippen LogP contribution in [-0.2, 0) is 11.3 Å². The van der Waals surface area contributed by atoms with Crippen LogP contribution in [0, 0.1) is 0 Å². The number of nitrogens with zero attached hydrogens (tertiary/aromatic N) is 2. The van der Waals surface area contributed by atoms with Gasteiger partial charge in [-0.05, 0) is 19.9 Å². The first-order valence-corrected chi connectivity index (χ1v) is 7.58. The Morgan fingerprint density at radius 2 is 1.88 bits per heavy atom. The van der Waals surface area contributed by atoms with Crippen molar-refractivity contribution in [2.45, 2.75) is 26.4 Å². The molecule has 0 spiro atoms. The van der Waals surface area contributed by atoms with Gasteiger partial charge in [-0.2, -0.15) is 0 Å². The molecule has 0 aliphatic carbocycles. The Morgan fingerprint density at radius 1 is 1.25 bits per heavy atom. The lowest BCUT2D eigenvalue weighted by Crippen LogP contribution is -2.51. The van der Waals surface area contributed by atoms with Crippen LogP contribution in [-0.4, -0.2) is 60.4 Å². The summed E-state index contributed by atoms with van der Waals surface area (Å²) in [6.07, 6.45) is 1.45. The van der Waals surface area contributed by atoms with Gasteiger partial charge in [-0.3, -0.25) is 14.5 Å². The minimum Gasteiger partial charge on any atom is -0.467 e. The lowest BCUT2D eigenvalue weighted by Gasteiger charge is -2.34. The Kier molecular flexibility index (Phi) is 9.99. The van der Waals surface area contributed by atoms with Crippen LogP contribution in [0.3, 0.4) is 0 Å². The molecule has 2 heterocycles. The fourth-order valence-corrected chi connectivity index (χ4v) is 2.46. The average Bonchev–Trinajstić information content (AvgIpc) is 2.95. The SMILES string of the molecule is CC(C)NC(=O)CN1CCN(C(=O)c2coc(CN)c2)CC1.Cl.Cl. The number of halogens is 2. The molecule has 0 unspecified atom stereocenters. The summed E-state index contributed by atoms with van der Waals surface area (Å²) in [6, 6.07) is 1.83. The molecule has 0 bridgehead atoms. The zero-order valence-corrected chi connectivity index (χ0v) is 15.6. The van der Waals surface area contributed by atoms with E-state index in [2.05, 4.69) is 10.2 Å². The molecular weight excluding hydrogens is 355 g/mol. The molecule has 9 heteroatoms. The fourth-order valence-electron chi connectivity index (χ4n) is 2.46. The highest BCUT2D eigenvalue weighted by Gasteiger charge is 2.24. The number of carbonyl (C=O) groups excluding carboxylic acids is 2. The molecule has 1 aromatic rings. The van der Waals surface area contributed by atoms with Crippen molar-refractivity contribution in [3.05, 3.63) is 23.7 Å². The molecule has 0 aromatic carbocycles. The van der Waals surface area contributed by atoms with E-state index in [1.54, 1.807) is 11.0 Å². The van der Waals surface area contributed by atoms with Crippen molar-refractivity contribution in [2.24, 2.45) is 5.73 Å². The second-order valence-corrected chi connectivity index (χ2v) is 5.80. The summed E-state index contributed by atoms with van der Waals surface area (Å²) in [5.74, 6) is 0.583. The highest BCUT2D eigenvalue weighted by atomic mass is 35.5. The minimum atomic E-state index is -0.0465. The van der Waals surface area contributed by atoms with E-state index < -0.39 is 0 Å². The Hall–Kier alpha value is -1.28. The molecule has 7 nitrogen and oxygen atoms in total. The molecule has 3 N–H and O–H groups in total. The van der Waals surface area contributed by atoms with Gasteiger partial charge in [0.1, 0.15) is 12.0 Å². The second kappa shape index (κ2) is 10.6. The van der Waals surface area contributed by atoms with Crippen LogP contribution in [0.25, 0.3) is 0 Å². The van der Waals surface area contributed by atoms with Crippen LogP contribution < -0.4 is 11.1 Å². The lowest BCUT2D eigenvalue weighted by molar-refractivity contribution is -0.123. The largest absolute Gasteiger partial charge is 0.467 e. The molecular formula is C15H26Cl2N4O3. The number of hydrogen-bond acceptors (Lipinski definition) is 5. The van der Waals surface area contributed by atoms with Gasteiger partial charge >= 0.3 is 0 Å². The molecule has 2 amide bonds. The summed E-state index contributed by atoms with van der Waals surface area (Å²) in [4.78, 5) is 27.9. The minimum absolute atomic E-state index is 0. The van der Waals surface area contributed by atoms with E-state index in [0.29, 0.717) is 44.0 Å². The van der Waals surface area contributed by atoms with E-state index in [0.717, 1.165) is 0 Å². The van der Waals surface area contributed by atoms with Crippen LogP contribution in [0.1, 0.15) is 30.0 Å². The number of amides is 2. The van der Waals surface area contributed by atoms with Crippen LogP contribution >= 0.6 is 24.8 Å². The summed E-state index contributed by atoms with van der Waals surface area (Å²) >= 11 is 0. The third kappa shape index (κ3) is 6.32. The van der Waals surface area contributed by atoms with E-state index >= 15 is 0 Å². The van der Waals surface area contributed by atoms with E-state index in [9.17, 15) is 9.59 Å². The van der Waals surface area contributed by atoms with E-state index in [4.69, 9.17) is 10.2 Å². The van der Waals surface area contributed by atoms with Crippen LogP contribution in [0.15, 0.2) is 16.7 Å². The van der Waals surface area contributed by atoms with Crippen LogP contribution in [0.4, 0.5) is 0 Å². The number of nitrogens with one attached hydrogen (secondary N) is 1.